The number of nitriles is 1. The fourth-order valence-corrected chi connectivity index (χ4v) is 4.35. The third-order valence-electron chi connectivity index (χ3n) is 4.56. The number of nitrogens with zero attached hydrogens (tertiary/aromatic N) is 2. The van der Waals surface area contributed by atoms with Gasteiger partial charge in [-0.05, 0) is 29.7 Å². The third kappa shape index (κ3) is 4.50. The second kappa shape index (κ2) is 9.13. The molecule has 1 heterocycles. The average Bonchev–Trinajstić information content (AvgIpc) is 3.20. The number of aliphatic hydroxyl groups is 1. The summed E-state index contributed by atoms with van der Waals surface area (Å²) in [6, 6.07) is 20.5. The Bertz CT molecular complexity index is 1320. The molecule has 1 aromatic heterocycles. The smallest absolute Gasteiger partial charge is 0.316 e. The number of carbonyl (C=O) groups excluding carboxylic acids is 1. The molecule has 0 aliphatic rings. The van der Waals surface area contributed by atoms with E-state index >= 15 is 0 Å². The Labute approximate surface area is 187 Å². The lowest BCUT2D eigenvalue weighted by atomic mass is 10.1. The standard InChI is InChI=1S/C23H16ClN3O3S/c24-16-7-3-5-14-6-4-10-20(22(14)16)31-13-21(29)30-12-19(28)15(11-25)23-26-17-8-1-2-9-18(17)27-23/h1-10,28H,12-13H2,(H,26,27)/b19-15-. The summed E-state index contributed by atoms with van der Waals surface area (Å²) in [5.74, 6) is -0.642. The Morgan fingerprint density at radius 2 is 1.94 bits per heavy atom. The number of hydrogen-bond acceptors (Lipinski definition) is 6. The molecule has 6 nitrogen and oxygen atoms in total. The number of esters is 1. The van der Waals surface area contributed by atoms with Crippen LogP contribution >= 0.6 is 23.4 Å². The van der Waals surface area contributed by atoms with Gasteiger partial charge in [-0.3, -0.25) is 4.79 Å². The van der Waals surface area contributed by atoms with E-state index in [1.54, 1.807) is 12.1 Å². The molecule has 0 spiro atoms. The molecular formula is C23H16ClN3O3S. The van der Waals surface area contributed by atoms with Gasteiger partial charge in [-0.25, -0.2) is 4.98 Å². The summed E-state index contributed by atoms with van der Waals surface area (Å²) in [5.41, 5.74) is 1.33. The van der Waals surface area contributed by atoms with Gasteiger partial charge in [0, 0.05) is 15.3 Å². The van der Waals surface area contributed by atoms with Crippen molar-refractivity contribution in [3.63, 3.8) is 0 Å². The summed E-state index contributed by atoms with van der Waals surface area (Å²) < 4.78 is 5.15. The van der Waals surface area contributed by atoms with Crippen molar-refractivity contribution in [2.24, 2.45) is 0 Å². The molecule has 0 saturated carbocycles. The van der Waals surface area contributed by atoms with Crippen LogP contribution < -0.4 is 0 Å². The highest BCUT2D eigenvalue weighted by Gasteiger charge is 2.15. The molecule has 0 unspecified atom stereocenters. The molecule has 154 valence electrons. The van der Waals surface area contributed by atoms with Gasteiger partial charge in [-0.15, -0.1) is 11.8 Å². The monoisotopic (exact) mass is 449 g/mol. The van der Waals surface area contributed by atoms with Crippen LogP contribution in [0.15, 0.2) is 71.3 Å². The molecule has 4 aromatic rings. The van der Waals surface area contributed by atoms with E-state index in [-0.39, 0.29) is 22.9 Å². The number of benzene rings is 3. The summed E-state index contributed by atoms with van der Waals surface area (Å²) in [7, 11) is 0. The topological polar surface area (TPSA) is 99.0 Å². The number of imidazole rings is 1. The van der Waals surface area contributed by atoms with E-state index in [9.17, 15) is 15.2 Å². The van der Waals surface area contributed by atoms with Crippen molar-refractivity contribution >= 4 is 56.7 Å². The van der Waals surface area contributed by atoms with Crippen LogP contribution in [-0.2, 0) is 9.53 Å². The molecule has 3 aromatic carbocycles. The molecule has 8 heteroatoms. The minimum absolute atomic E-state index is 0.0319. The van der Waals surface area contributed by atoms with E-state index in [4.69, 9.17) is 16.3 Å². The number of hydrogen-bond donors (Lipinski definition) is 2. The van der Waals surface area contributed by atoms with Gasteiger partial charge in [0.25, 0.3) is 0 Å². The normalized spacial score (nSPS) is 11.9. The number of rotatable bonds is 6. The molecule has 0 fully saturated rings. The largest absolute Gasteiger partial charge is 0.507 e. The first-order valence-corrected chi connectivity index (χ1v) is 10.7. The molecule has 0 aliphatic carbocycles. The maximum Gasteiger partial charge on any atom is 0.316 e. The number of aromatic amines is 1. The van der Waals surface area contributed by atoms with Crippen molar-refractivity contribution in [1.82, 2.24) is 9.97 Å². The summed E-state index contributed by atoms with van der Waals surface area (Å²) in [5, 5.41) is 22.2. The van der Waals surface area contributed by atoms with Crippen LogP contribution in [0.3, 0.4) is 0 Å². The van der Waals surface area contributed by atoms with Crippen LogP contribution in [0.4, 0.5) is 0 Å². The number of fused-ring (bicyclic) bond motifs is 2. The van der Waals surface area contributed by atoms with Crippen LogP contribution in [0, 0.1) is 11.3 Å². The maximum absolute atomic E-state index is 12.2. The summed E-state index contributed by atoms with van der Waals surface area (Å²) in [6.45, 7) is -0.421. The number of para-hydroxylation sites is 2. The Hall–Kier alpha value is -3.47. The number of H-pyrrole nitrogens is 1. The van der Waals surface area contributed by atoms with E-state index < -0.39 is 12.6 Å². The van der Waals surface area contributed by atoms with Gasteiger partial charge in [0.1, 0.15) is 18.2 Å². The van der Waals surface area contributed by atoms with Gasteiger partial charge in [0.2, 0.25) is 0 Å². The molecule has 0 amide bonds. The first-order chi connectivity index (χ1) is 15.1. The molecule has 0 bridgehead atoms. The zero-order chi connectivity index (χ0) is 21.8. The van der Waals surface area contributed by atoms with E-state index in [0.717, 1.165) is 21.2 Å². The highest BCUT2D eigenvalue weighted by Crippen LogP contribution is 2.33. The Morgan fingerprint density at radius 3 is 2.71 bits per heavy atom. The van der Waals surface area contributed by atoms with Crippen molar-refractivity contribution in [2.75, 3.05) is 12.4 Å². The predicted octanol–water partition coefficient (Wildman–Crippen LogP) is 5.50. The summed E-state index contributed by atoms with van der Waals surface area (Å²) in [6.07, 6.45) is 0. The van der Waals surface area contributed by atoms with E-state index in [1.807, 2.05) is 54.6 Å². The molecule has 4 rings (SSSR count). The van der Waals surface area contributed by atoms with Crippen molar-refractivity contribution in [2.45, 2.75) is 4.90 Å². The van der Waals surface area contributed by atoms with Gasteiger partial charge < -0.3 is 14.8 Å². The Balaban J connectivity index is 1.43. The Kier molecular flexibility index (Phi) is 6.12. The fourth-order valence-electron chi connectivity index (χ4n) is 3.11. The zero-order valence-corrected chi connectivity index (χ0v) is 17.7. The van der Waals surface area contributed by atoms with E-state index in [1.165, 1.54) is 11.8 Å². The van der Waals surface area contributed by atoms with Gasteiger partial charge in [0.15, 0.2) is 11.6 Å². The van der Waals surface area contributed by atoms with Crippen molar-refractivity contribution in [3.05, 3.63) is 77.3 Å². The van der Waals surface area contributed by atoms with Crippen molar-refractivity contribution in [1.29, 1.82) is 5.26 Å². The molecular weight excluding hydrogens is 434 g/mol. The number of carbonyl (C=O) groups is 1. The highest BCUT2D eigenvalue weighted by molar-refractivity contribution is 8.00. The number of ether oxygens (including phenoxy) is 1. The quantitative estimate of drug-likeness (QED) is 0.174. The van der Waals surface area contributed by atoms with Gasteiger partial charge in [-0.2, -0.15) is 5.26 Å². The lowest BCUT2D eigenvalue weighted by Gasteiger charge is -2.08. The maximum atomic E-state index is 12.2. The molecule has 0 saturated heterocycles. The number of aromatic nitrogens is 2. The average molecular weight is 450 g/mol. The number of halogens is 1. The highest BCUT2D eigenvalue weighted by atomic mass is 35.5. The number of allylic oxidation sites excluding steroid dienone is 1. The number of nitrogens with one attached hydrogen (secondary N) is 1. The minimum Gasteiger partial charge on any atom is -0.507 e. The van der Waals surface area contributed by atoms with Crippen LogP contribution in [0.5, 0.6) is 0 Å². The number of thioether (sulfide) groups is 1. The van der Waals surface area contributed by atoms with Crippen LogP contribution in [0.25, 0.3) is 27.4 Å². The first kappa shape index (κ1) is 20.8. The SMILES string of the molecule is N#C/C(=C(/O)COC(=O)CSc1cccc2cccc(Cl)c12)c1nc2ccccc2[nH]1. The van der Waals surface area contributed by atoms with Crippen molar-refractivity contribution < 1.29 is 14.6 Å². The molecule has 2 N–H and O–H groups in total. The Morgan fingerprint density at radius 1 is 1.16 bits per heavy atom. The third-order valence-corrected chi connectivity index (χ3v) is 5.90. The van der Waals surface area contributed by atoms with Gasteiger partial charge in [-0.1, -0.05) is 48.0 Å². The molecule has 0 atom stereocenters. The van der Waals surface area contributed by atoms with Crippen LogP contribution in [-0.4, -0.2) is 33.4 Å². The minimum atomic E-state index is -0.525. The molecule has 0 aliphatic heterocycles. The summed E-state index contributed by atoms with van der Waals surface area (Å²) in [4.78, 5) is 20.3. The zero-order valence-electron chi connectivity index (χ0n) is 16.1. The second-order valence-corrected chi connectivity index (χ2v) is 8.00. The van der Waals surface area contributed by atoms with E-state index in [0.29, 0.717) is 10.5 Å². The fraction of sp³-hybridized carbons (Fsp3) is 0.0870. The first-order valence-electron chi connectivity index (χ1n) is 9.30. The molecule has 31 heavy (non-hydrogen) atoms. The van der Waals surface area contributed by atoms with Gasteiger partial charge >= 0.3 is 5.97 Å². The van der Waals surface area contributed by atoms with E-state index in [2.05, 4.69) is 9.97 Å². The van der Waals surface area contributed by atoms with Crippen LogP contribution in [0.2, 0.25) is 5.02 Å². The number of aliphatic hydroxyl groups excluding tert-OH is 1. The molecule has 0 radical (unpaired) electrons. The lowest BCUT2D eigenvalue weighted by Crippen LogP contribution is -2.11. The van der Waals surface area contributed by atoms with Gasteiger partial charge in [0.05, 0.1) is 16.8 Å². The second-order valence-electron chi connectivity index (χ2n) is 6.58. The predicted molar refractivity (Wildman–Crippen MR) is 122 cm³/mol. The van der Waals surface area contributed by atoms with Crippen molar-refractivity contribution in [3.8, 4) is 6.07 Å². The lowest BCUT2D eigenvalue weighted by molar-refractivity contribution is -0.140. The van der Waals surface area contributed by atoms with Crippen LogP contribution in [0.1, 0.15) is 5.82 Å². The summed E-state index contributed by atoms with van der Waals surface area (Å²) >= 11 is 7.61.